The summed E-state index contributed by atoms with van der Waals surface area (Å²) in [6, 6.07) is 3.56. The Morgan fingerprint density at radius 3 is 3.13 bits per heavy atom. The Morgan fingerprint density at radius 1 is 1.48 bits per heavy atom. The van der Waals surface area contributed by atoms with Gasteiger partial charge < -0.3 is 15.1 Å². The number of furan rings is 1. The Bertz CT molecular complexity index is 884. The van der Waals surface area contributed by atoms with Crippen LogP contribution in [0.1, 0.15) is 16.1 Å². The molecule has 0 saturated heterocycles. The molecular formula is C15H15N5O2S. The van der Waals surface area contributed by atoms with E-state index in [1.807, 2.05) is 0 Å². The van der Waals surface area contributed by atoms with Crippen molar-refractivity contribution in [2.75, 3.05) is 12.3 Å². The predicted molar refractivity (Wildman–Crippen MR) is 86.9 cm³/mol. The minimum absolute atomic E-state index is 0.102. The van der Waals surface area contributed by atoms with Crippen molar-refractivity contribution in [2.45, 2.75) is 19.5 Å². The number of H-pyrrole nitrogens is 1. The Kier molecular flexibility index (Phi) is 3.47. The molecule has 1 aliphatic heterocycles. The van der Waals surface area contributed by atoms with Gasteiger partial charge in [0.2, 0.25) is 0 Å². The summed E-state index contributed by atoms with van der Waals surface area (Å²) in [7, 11) is 0. The molecule has 0 aromatic carbocycles. The molecule has 0 amide bonds. The van der Waals surface area contributed by atoms with Gasteiger partial charge in [0.05, 0.1) is 17.5 Å². The number of anilines is 1. The third kappa shape index (κ3) is 2.78. The van der Waals surface area contributed by atoms with Gasteiger partial charge in [0, 0.05) is 37.1 Å². The SMILES string of the molecule is Nc1ncc(CN2CCc3nc(-c4ccco4)[nH]c(=O)c3C2)s1. The fourth-order valence-corrected chi connectivity index (χ4v) is 3.49. The monoisotopic (exact) mass is 329 g/mol. The minimum Gasteiger partial charge on any atom is -0.461 e. The van der Waals surface area contributed by atoms with Crippen LogP contribution in [0.15, 0.2) is 33.8 Å². The van der Waals surface area contributed by atoms with Crippen LogP contribution in [0.5, 0.6) is 0 Å². The van der Waals surface area contributed by atoms with Gasteiger partial charge in [-0.3, -0.25) is 9.69 Å². The van der Waals surface area contributed by atoms with Crippen LogP contribution in [0.25, 0.3) is 11.6 Å². The van der Waals surface area contributed by atoms with Gasteiger partial charge in [0.25, 0.3) is 5.56 Å². The summed E-state index contributed by atoms with van der Waals surface area (Å²) in [5.74, 6) is 1.06. The van der Waals surface area contributed by atoms with Gasteiger partial charge in [-0.05, 0) is 12.1 Å². The van der Waals surface area contributed by atoms with Crippen molar-refractivity contribution in [2.24, 2.45) is 0 Å². The highest BCUT2D eigenvalue weighted by Gasteiger charge is 2.22. The van der Waals surface area contributed by atoms with Crippen LogP contribution in [-0.4, -0.2) is 26.4 Å². The first kappa shape index (κ1) is 14.2. The zero-order chi connectivity index (χ0) is 15.8. The van der Waals surface area contributed by atoms with Crippen LogP contribution in [-0.2, 0) is 19.5 Å². The third-order valence-electron chi connectivity index (χ3n) is 3.85. The molecule has 1 aliphatic rings. The van der Waals surface area contributed by atoms with E-state index in [9.17, 15) is 4.79 Å². The maximum absolute atomic E-state index is 12.4. The minimum atomic E-state index is -0.102. The molecule has 0 spiro atoms. The number of aromatic nitrogens is 3. The van der Waals surface area contributed by atoms with E-state index in [0.29, 0.717) is 23.3 Å². The predicted octanol–water partition coefficient (Wildman–Crippen LogP) is 1.63. The van der Waals surface area contributed by atoms with E-state index in [0.717, 1.165) is 35.6 Å². The van der Waals surface area contributed by atoms with E-state index in [-0.39, 0.29) is 5.56 Å². The highest BCUT2D eigenvalue weighted by molar-refractivity contribution is 7.15. The molecule has 7 nitrogen and oxygen atoms in total. The number of nitrogens with two attached hydrogens (primary N) is 1. The Balaban J connectivity index is 1.59. The second-order valence-electron chi connectivity index (χ2n) is 5.44. The van der Waals surface area contributed by atoms with Crippen molar-refractivity contribution < 1.29 is 4.42 Å². The average molecular weight is 329 g/mol. The summed E-state index contributed by atoms with van der Waals surface area (Å²) in [5, 5.41) is 0.569. The lowest BCUT2D eigenvalue weighted by atomic mass is 10.1. The maximum Gasteiger partial charge on any atom is 0.256 e. The van der Waals surface area contributed by atoms with Crippen molar-refractivity contribution in [1.29, 1.82) is 0 Å². The van der Waals surface area contributed by atoms with Crippen LogP contribution in [0.2, 0.25) is 0 Å². The van der Waals surface area contributed by atoms with E-state index in [4.69, 9.17) is 10.2 Å². The molecule has 0 saturated carbocycles. The van der Waals surface area contributed by atoms with E-state index in [1.54, 1.807) is 24.6 Å². The Labute approximate surface area is 135 Å². The van der Waals surface area contributed by atoms with Crippen molar-refractivity contribution in [3.05, 3.63) is 51.1 Å². The average Bonchev–Trinajstić information content (AvgIpc) is 3.20. The molecule has 0 unspecified atom stereocenters. The van der Waals surface area contributed by atoms with Gasteiger partial charge in [-0.25, -0.2) is 9.97 Å². The zero-order valence-electron chi connectivity index (χ0n) is 12.3. The lowest BCUT2D eigenvalue weighted by Gasteiger charge is -2.26. The van der Waals surface area contributed by atoms with Crippen molar-refractivity contribution in [1.82, 2.24) is 19.9 Å². The topological polar surface area (TPSA) is 101 Å². The molecule has 0 radical (unpaired) electrons. The standard InChI is InChI=1S/C15H15N5O2S/c16-15-17-6-9(23-15)7-20-4-3-11-10(8-20)14(21)19-13(18-11)12-2-1-5-22-12/h1-2,5-6H,3-4,7-8H2,(H2,16,17)(H,18,19,21). The molecule has 3 N–H and O–H groups in total. The van der Waals surface area contributed by atoms with Crippen LogP contribution >= 0.6 is 11.3 Å². The number of nitrogen functional groups attached to an aromatic ring is 1. The number of rotatable bonds is 3. The molecule has 0 atom stereocenters. The number of fused-ring (bicyclic) bond motifs is 1. The molecule has 0 fully saturated rings. The number of thiazole rings is 1. The zero-order valence-corrected chi connectivity index (χ0v) is 13.1. The summed E-state index contributed by atoms with van der Waals surface area (Å²) in [6.45, 7) is 2.17. The van der Waals surface area contributed by atoms with Gasteiger partial charge in [-0.15, -0.1) is 11.3 Å². The van der Waals surface area contributed by atoms with E-state index >= 15 is 0 Å². The molecular weight excluding hydrogens is 314 g/mol. The Morgan fingerprint density at radius 2 is 2.39 bits per heavy atom. The smallest absolute Gasteiger partial charge is 0.256 e. The molecule has 3 aromatic rings. The van der Waals surface area contributed by atoms with Crippen molar-refractivity contribution in [3.63, 3.8) is 0 Å². The van der Waals surface area contributed by atoms with E-state index in [2.05, 4.69) is 19.9 Å². The van der Waals surface area contributed by atoms with Crippen LogP contribution in [0.4, 0.5) is 5.13 Å². The molecule has 0 aliphatic carbocycles. The van der Waals surface area contributed by atoms with Gasteiger partial charge in [0.1, 0.15) is 0 Å². The van der Waals surface area contributed by atoms with Gasteiger partial charge in [-0.1, -0.05) is 0 Å². The number of hydrogen-bond donors (Lipinski definition) is 2. The molecule has 23 heavy (non-hydrogen) atoms. The van der Waals surface area contributed by atoms with Crippen LogP contribution in [0, 0.1) is 0 Å². The summed E-state index contributed by atoms with van der Waals surface area (Å²) in [4.78, 5) is 27.1. The van der Waals surface area contributed by atoms with Crippen LogP contribution < -0.4 is 11.3 Å². The largest absolute Gasteiger partial charge is 0.461 e. The second kappa shape index (κ2) is 5.64. The second-order valence-corrected chi connectivity index (χ2v) is 6.59. The quantitative estimate of drug-likeness (QED) is 0.757. The molecule has 0 bridgehead atoms. The lowest BCUT2D eigenvalue weighted by Crippen LogP contribution is -2.35. The molecule has 4 heterocycles. The van der Waals surface area contributed by atoms with Crippen molar-refractivity contribution >= 4 is 16.5 Å². The first-order valence-corrected chi connectivity index (χ1v) is 8.09. The number of nitrogens with zero attached hydrogens (tertiary/aromatic N) is 3. The van der Waals surface area contributed by atoms with Gasteiger partial charge >= 0.3 is 0 Å². The maximum atomic E-state index is 12.4. The van der Waals surface area contributed by atoms with Gasteiger partial charge in [-0.2, -0.15) is 0 Å². The molecule has 118 valence electrons. The summed E-state index contributed by atoms with van der Waals surface area (Å²) < 4.78 is 5.31. The fourth-order valence-electron chi connectivity index (χ4n) is 2.76. The number of nitrogens with one attached hydrogen (secondary N) is 1. The van der Waals surface area contributed by atoms with Crippen molar-refractivity contribution in [3.8, 4) is 11.6 Å². The third-order valence-corrected chi connectivity index (χ3v) is 4.66. The van der Waals surface area contributed by atoms with Gasteiger partial charge in [0.15, 0.2) is 16.7 Å². The fraction of sp³-hybridized carbons (Fsp3) is 0.267. The Hall–Kier alpha value is -2.45. The van der Waals surface area contributed by atoms with Crippen LogP contribution in [0.3, 0.4) is 0 Å². The summed E-state index contributed by atoms with van der Waals surface area (Å²) in [5.41, 5.74) is 7.13. The molecule has 4 rings (SSSR count). The number of aromatic amines is 1. The first-order valence-electron chi connectivity index (χ1n) is 7.27. The normalized spacial score (nSPS) is 14.8. The lowest BCUT2D eigenvalue weighted by molar-refractivity contribution is 0.244. The highest BCUT2D eigenvalue weighted by Crippen LogP contribution is 2.22. The van der Waals surface area contributed by atoms with E-state index in [1.165, 1.54) is 11.3 Å². The molecule has 8 heteroatoms. The number of hydrogen-bond acceptors (Lipinski definition) is 7. The van der Waals surface area contributed by atoms with E-state index < -0.39 is 0 Å². The first-order chi connectivity index (χ1) is 11.2. The summed E-state index contributed by atoms with van der Waals surface area (Å²) in [6.07, 6.45) is 4.09. The molecule has 3 aromatic heterocycles. The highest BCUT2D eigenvalue weighted by atomic mass is 32.1. The summed E-state index contributed by atoms with van der Waals surface area (Å²) >= 11 is 1.48.